The molecule has 2 aliphatic rings. The van der Waals surface area contributed by atoms with Crippen molar-refractivity contribution in [1.82, 2.24) is 24.8 Å². The molecule has 2 aromatic heterocycles. The van der Waals surface area contributed by atoms with Gasteiger partial charge < -0.3 is 4.98 Å². The van der Waals surface area contributed by atoms with Gasteiger partial charge >= 0.3 is 0 Å². The van der Waals surface area contributed by atoms with E-state index in [9.17, 15) is 4.79 Å². The fraction of sp³-hybridized carbons (Fsp3) is 0.400. The van der Waals surface area contributed by atoms with E-state index in [1.807, 2.05) is 24.4 Å². The van der Waals surface area contributed by atoms with Crippen LogP contribution in [0.1, 0.15) is 47.1 Å². The van der Waals surface area contributed by atoms with Gasteiger partial charge in [0.25, 0.3) is 5.56 Å². The minimum absolute atomic E-state index is 0.0497. The number of aromatic amines is 1. The molecule has 0 bridgehead atoms. The normalized spacial score (nSPS) is 18.1. The van der Waals surface area contributed by atoms with Gasteiger partial charge in [-0.2, -0.15) is 0 Å². The third-order valence-electron chi connectivity index (χ3n) is 6.50. The van der Waals surface area contributed by atoms with Crippen LogP contribution in [0.15, 0.2) is 59.5 Å². The molecule has 0 amide bonds. The topological polar surface area (TPSA) is 65.1 Å². The molecule has 1 saturated heterocycles. The van der Waals surface area contributed by atoms with Gasteiger partial charge in [0.1, 0.15) is 5.82 Å². The number of rotatable bonds is 5. The first kappa shape index (κ1) is 20.1. The lowest BCUT2D eigenvalue weighted by Crippen LogP contribution is -2.37. The molecule has 3 aromatic rings. The third kappa shape index (κ3) is 4.75. The number of hydrogen-bond acceptors (Lipinski definition) is 5. The Morgan fingerprint density at radius 3 is 2.52 bits per heavy atom. The van der Waals surface area contributed by atoms with Gasteiger partial charge in [0.2, 0.25) is 0 Å². The van der Waals surface area contributed by atoms with E-state index >= 15 is 0 Å². The largest absolute Gasteiger partial charge is 0.310 e. The van der Waals surface area contributed by atoms with Crippen molar-refractivity contribution in [2.45, 2.75) is 44.8 Å². The Bertz CT molecular complexity index is 1060. The van der Waals surface area contributed by atoms with Crippen LogP contribution < -0.4 is 5.56 Å². The maximum atomic E-state index is 12.9. The van der Waals surface area contributed by atoms with Gasteiger partial charge in [-0.3, -0.25) is 19.6 Å². The number of nitrogens with zero attached hydrogens (tertiary/aromatic N) is 4. The highest BCUT2D eigenvalue weighted by Gasteiger charge is 2.26. The van der Waals surface area contributed by atoms with Crippen molar-refractivity contribution in [2.75, 3.05) is 19.6 Å². The van der Waals surface area contributed by atoms with Crippen molar-refractivity contribution in [3.05, 3.63) is 93.4 Å². The van der Waals surface area contributed by atoms with Crippen LogP contribution in [0.2, 0.25) is 0 Å². The van der Waals surface area contributed by atoms with Crippen LogP contribution in [0.5, 0.6) is 0 Å². The summed E-state index contributed by atoms with van der Waals surface area (Å²) in [6.45, 7) is 5.39. The smallest absolute Gasteiger partial charge is 0.255 e. The second-order valence-electron chi connectivity index (χ2n) is 8.69. The molecule has 31 heavy (non-hydrogen) atoms. The zero-order valence-electron chi connectivity index (χ0n) is 17.8. The van der Waals surface area contributed by atoms with Crippen LogP contribution in [0.25, 0.3) is 0 Å². The van der Waals surface area contributed by atoms with Crippen LogP contribution in [-0.4, -0.2) is 44.4 Å². The van der Waals surface area contributed by atoms with Gasteiger partial charge in [0.15, 0.2) is 0 Å². The summed E-state index contributed by atoms with van der Waals surface area (Å²) in [6.07, 6.45) is 4.74. The quantitative estimate of drug-likeness (QED) is 0.694. The number of hydrogen-bond donors (Lipinski definition) is 1. The van der Waals surface area contributed by atoms with Crippen molar-refractivity contribution in [3.8, 4) is 0 Å². The molecular weight excluding hydrogens is 386 g/mol. The predicted molar refractivity (Wildman–Crippen MR) is 121 cm³/mol. The minimum Gasteiger partial charge on any atom is -0.310 e. The summed E-state index contributed by atoms with van der Waals surface area (Å²) in [4.78, 5) is 30.2. The standard InChI is InChI=1S/C25H29N5O/c31-25-22-18-30(16-19-6-2-1-3-7-19)15-11-23(22)27-24(28-25)20-9-13-29(14-10-20)17-21-8-4-5-12-26-21/h1-8,12,20H,9-11,13-18H2,(H,27,28,31). The van der Waals surface area contributed by atoms with Crippen molar-refractivity contribution in [2.24, 2.45) is 0 Å². The Morgan fingerprint density at radius 2 is 1.74 bits per heavy atom. The molecule has 160 valence electrons. The van der Waals surface area contributed by atoms with Gasteiger partial charge in [0.05, 0.1) is 17.0 Å². The molecule has 5 rings (SSSR count). The average Bonchev–Trinajstić information content (AvgIpc) is 2.81. The molecule has 0 saturated carbocycles. The fourth-order valence-electron chi connectivity index (χ4n) is 4.76. The molecule has 4 heterocycles. The molecule has 0 atom stereocenters. The molecule has 6 nitrogen and oxygen atoms in total. The van der Waals surface area contributed by atoms with Crippen LogP contribution in [0, 0.1) is 0 Å². The molecule has 0 radical (unpaired) electrons. The molecule has 0 unspecified atom stereocenters. The number of fused-ring (bicyclic) bond motifs is 1. The summed E-state index contributed by atoms with van der Waals surface area (Å²) >= 11 is 0. The molecule has 1 aromatic carbocycles. The summed E-state index contributed by atoms with van der Waals surface area (Å²) in [5.74, 6) is 1.22. The summed E-state index contributed by atoms with van der Waals surface area (Å²) < 4.78 is 0. The number of piperidine rings is 1. The van der Waals surface area contributed by atoms with E-state index in [-0.39, 0.29) is 5.56 Å². The molecule has 2 aliphatic heterocycles. The number of benzene rings is 1. The van der Waals surface area contributed by atoms with Gasteiger partial charge in [-0.15, -0.1) is 0 Å². The number of pyridine rings is 1. The van der Waals surface area contributed by atoms with E-state index in [1.54, 1.807) is 0 Å². The van der Waals surface area contributed by atoms with Crippen LogP contribution in [0.3, 0.4) is 0 Å². The van der Waals surface area contributed by atoms with E-state index in [0.717, 1.165) is 74.8 Å². The number of nitrogens with one attached hydrogen (secondary N) is 1. The van der Waals surface area contributed by atoms with Crippen LogP contribution in [-0.2, 0) is 26.1 Å². The van der Waals surface area contributed by atoms with Gasteiger partial charge in [0, 0.05) is 44.7 Å². The Labute approximate surface area is 183 Å². The minimum atomic E-state index is 0.0497. The average molecular weight is 416 g/mol. The zero-order valence-corrected chi connectivity index (χ0v) is 17.8. The van der Waals surface area contributed by atoms with E-state index < -0.39 is 0 Å². The van der Waals surface area contributed by atoms with Crippen LogP contribution in [0.4, 0.5) is 0 Å². The number of H-pyrrole nitrogens is 1. The lowest BCUT2D eigenvalue weighted by atomic mass is 9.95. The Hall–Kier alpha value is -2.83. The van der Waals surface area contributed by atoms with E-state index in [1.165, 1.54) is 5.56 Å². The fourth-order valence-corrected chi connectivity index (χ4v) is 4.76. The second kappa shape index (κ2) is 9.12. The summed E-state index contributed by atoms with van der Waals surface area (Å²) in [5, 5.41) is 0. The summed E-state index contributed by atoms with van der Waals surface area (Å²) in [6, 6.07) is 16.5. The summed E-state index contributed by atoms with van der Waals surface area (Å²) in [5.41, 5.74) is 4.29. The van der Waals surface area contributed by atoms with Crippen LogP contribution >= 0.6 is 0 Å². The summed E-state index contributed by atoms with van der Waals surface area (Å²) in [7, 11) is 0. The van der Waals surface area contributed by atoms with Crippen molar-refractivity contribution in [1.29, 1.82) is 0 Å². The molecular formula is C25H29N5O. The number of aromatic nitrogens is 3. The SMILES string of the molecule is O=c1[nH]c(C2CCN(Cc3ccccn3)CC2)nc2c1CN(Cc1ccccc1)CC2. The predicted octanol–water partition coefficient (Wildman–Crippen LogP) is 3.10. The first-order valence-corrected chi connectivity index (χ1v) is 11.2. The Morgan fingerprint density at radius 1 is 0.935 bits per heavy atom. The first-order valence-electron chi connectivity index (χ1n) is 11.2. The van der Waals surface area contributed by atoms with E-state index in [0.29, 0.717) is 12.5 Å². The molecule has 1 fully saturated rings. The lowest BCUT2D eigenvalue weighted by Gasteiger charge is -2.32. The van der Waals surface area contributed by atoms with Gasteiger partial charge in [-0.25, -0.2) is 4.98 Å². The first-order chi connectivity index (χ1) is 15.2. The zero-order chi connectivity index (χ0) is 21.0. The highest BCUT2D eigenvalue weighted by atomic mass is 16.1. The van der Waals surface area contributed by atoms with Crippen molar-refractivity contribution in [3.63, 3.8) is 0 Å². The maximum absolute atomic E-state index is 12.9. The molecule has 6 heteroatoms. The van der Waals surface area contributed by atoms with Crippen molar-refractivity contribution < 1.29 is 0 Å². The Balaban J connectivity index is 1.22. The number of likely N-dealkylation sites (tertiary alicyclic amines) is 1. The highest BCUT2D eigenvalue weighted by Crippen LogP contribution is 2.27. The van der Waals surface area contributed by atoms with Gasteiger partial charge in [-0.05, 0) is 43.6 Å². The Kier molecular flexibility index (Phi) is 5.91. The highest BCUT2D eigenvalue weighted by molar-refractivity contribution is 5.23. The monoisotopic (exact) mass is 415 g/mol. The maximum Gasteiger partial charge on any atom is 0.255 e. The lowest BCUT2D eigenvalue weighted by molar-refractivity contribution is 0.198. The van der Waals surface area contributed by atoms with E-state index in [2.05, 4.69) is 50.1 Å². The van der Waals surface area contributed by atoms with E-state index in [4.69, 9.17) is 4.98 Å². The molecule has 0 spiro atoms. The molecule has 1 N–H and O–H groups in total. The van der Waals surface area contributed by atoms with Gasteiger partial charge in [-0.1, -0.05) is 36.4 Å². The molecule has 0 aliphatic carbocycles. The second-order valence-corrected chi connectivity index (χ2v) is 8.69. The van der Waals surface area contributed by atoms with Crippen molar-refractivity contribution >= 4 is 0 Å². The third-order valence-corrected chi connectivity index (χ3v) is 6.50.